The molecular weight excluding hydrogens is 202 g/mol. The zero-order valence-electron chi connectivity index (χ0n) is 9.70. The molecule has 1 aromatic carbocycles. The second-order valence-electron chi connectivity index (χ2n) is 4.37. The molecule has 2 rings (SSSR count). The van der Waals surface area contributed by atoms with Gasteiger partial charge in [0, 0.05) is 0 Å². The molecule has 1 unspecified atom stereocenters. The molecule has 1 saturated heterocycles. The zero-order chi connectivity index (χ0) is 11.4. The molecule has 0 spiro atoms. The maximum Gasteiger partial charge on any atom is 0.122 e. The molecule has 0 saturated carbocycles. The predicted octanol–water partition coefficient (Wildman–Crippen LogP) is 2.22. The third-order valence-electron chi connectivity index (χ3n) is 2.97. The number of hydrogen-bond donors (Lipinski definition) is 2. The van der Waals surface area contributed by atoms with Crippen molar-refractivity contribution in [2.24, 2.45) is 0 Å². The maximum atomic E-state index is 9.32. The summed E-state index contributed by atoms with van der Waals surface area (Å²) in [5.74, 6) is 1.19. The Balaban J connectivity index is 2.01. The Morgan fingerprint density at radius 2 is 2.19 bits per heavy atom. The molecule has 0 radical (unpaired) electrons. The van der Waals surface area contributed by atoms with Crippen molar-refractivity contribution in [3.63, 3.8) is 0 Å². The molecule has 0 amide bonds. The van der Waals surface area contributed by atoms with E-state index in [4.69, 9.17) is 4.74 Å². The van der Waals surface area contributed by atoms with Crippen molar-refractivity contribution in [3.8, 4) is 11.5 Å². The number of phenolic OH excluding ortho intramolecular Hbond substituents is 1. The van der Waals surface area contributed by atoms with Gasteiger partial charge in [0.05, 0.1) is 6.10 Å². The van der Waals surface area contributed by atoms with E-state index in [0.29, 0.717) is 11.9 Å². The van der Waals surface area contributed by atoms with Crippen molar-refractivity contribution in [1.82, 2.24) is 5.32 Å². The van der Waals surface area contributed by atoms with Crippen LogP contribution < -0.4 is 10.1 Å². The smallest absolute Gasteiger partial charge is 0.122 e. The van der Waals surface area contributed by atoms with Crippen LogP contribution in [-0.2, 0) is 0 Å². The molecule has 16 heavy (non-hydrogen) atoms. The first kappa shape index (κ1) is 11.3. The Morgan fingerprint density at radius 1 is 1.31 bits per heavy atom. The first-order valence-electron chi connectivity index (χ1n) is 5.93. The summed E-state index contributed by atoms with van der Waals surface area (Å²) < 4.78 is 5.97. The van der Waals surface area contributed by atoms with Gasteiger partial charge in [-0.25, -0.2) is 0 Å². The zero-order valence-corrected chi connectivity index (χ0v) is 9.70. The monoisotopic (exact) mass is 221 g/mol. The average molecular weight is 221 g/mol. The Morgan fingerprint density at radius 3 is 3.00 bits per heavy atom. The fourth-order valence-corrected chi connectivity index (χ4v) is 2.05. The van der Waals surface area contributed by atoms with Crippen molar-refractivity contribution in [2.75, 3.05) is 13.1 Å². The van der Waals surface area contributed by atoms with Crippen molar-refractivity contribution in [2.45, 2.75) is 32.3 Å². The minimum absolute atomic E-state index is 0.299. The van der Waals surface area contributed by atoms with E-state index in [-0.39, 0.29) is 0 Å². The minimum atomic E-state index is 0.299. The number of ether oxygens (including phenoxy) is 1. The van der Waals surface area contributed by atoms with E-state index in [1.165, 1.54) is 6.42 Å². The van der Waals surface area contributed by atoms with Crippen molar-refractivity contribution in [1.29, 1.82) is 0 Å². The van der Waals surface area contributed by atoms with Crippen LogP contribution in [-0.4, -0.2) is 24.3 Å². The van der Waals surface area contributed by atoms with E-state index >= 15 is 0 Å². The molecule has 1 heterocycles. The van der Waals surface area contributed by atoms with Crippen LogP contribution in [0.25, 0.3) is 0 Å². The highest BCUT2D eigenvalue weighted by Gasteiger charge is 2.14. The molecule has 88 valence electrons. The van der Waals surface area contributed by atoms with Crippen LogP contribution >= 0.6 is 0 Å². The molecule has 2 N–H and O–H groups in total. The second kappa shape index (κ2) is 5.21. The molecule has 0 aromatic heterocycles. The number of aryl methyl sites for hydroxylation is 1. The normalized spacial score (nSPS) is 21.4. The first-order chi connectivity index (χ1) is 7.75. The van der Waals surface area contributed by atoms with Crippen LogP contribution in [0, 0.1) is 6.92 Å². The highest BCUT2D eigenvalue weighted by Crippen LogP contribution is 2.25. The van der Waals surface area contributed by atoms with Gasteiger partial charge in [-0.3, -0.25) is 0 Å². The Hall–Kier alpha value is -1.22. The highest BCUT2D eigenvalue weighted by atomic mass is 16.5. The standard InChI is InChI=1S/C13H19NO2/c1-10-9-11(15)4-5-13(10)16-12-3-2-7-14-8-6-12/h4-5,9,12,14-15H,2-3,6-8H2,1H3. The molecule has 0 aliphatic carbocycles. The summed E-state index contributed by atoms with van der Waals surface area (Å²) >= 11 is 0. The van der Waals surface area contributed by atoms with Crippen LogP contribution in [0.1, 0.15) is 24.8 Å². The average Bonchev–Trinajstić information content (AvgIpc) is 2.51. The molecule has 3 nitrogen and oxygen atoms in total. The van der Waals surface area contributed by atoms with E-state index < -0.39 is 0 Å². The van der Waals surface area contributed by atoms with Gasteiger partial charge in [-0.15, -0.1) is 0 Å². The number of hydrogen-bond acceptors (Lipinski definition) is 3. The van der Waals surface area contributed by atoms with E-state index in [9.17, 15) is 5.11 Å². The molecule has 1 atom stereocenters. The summed E-state index contributed by atoms with van der Waals surface area (Å²) in [4.78, 5) is 0. The lowest BCUT2D eigenvalue weighted by Crippen LogP contribution is -2.19. The minimum Gasteiger partial charge on any atom is -0.508 e. The lowest BCUT2D eigenvalue weighted by Gasteiger charge is -2.18. The Labute approximate surface area is 96.4 Å². The fourth-order valence-electron chi connectivity index (χ4n) is 2.05. The SMILES string of the molecule is Cc1cc(O)ccc1OC1CCCNCC1. The Kier molecular flexibility index (Phi) is 3.67. The summed E-state index contributed by atoms with van der Waals surface area (Å²) in [7, 11) is 0. The van der Waals surface area contributed by atoms with Crippen LogP contribution in [0.5, 0.6) is 11.5 Å². The molecule has 0 bridgehead atoms. The van der Waals surface area contributed by atoms with Crippen LogP contribution in [0.3, 0.4) is 0 Å². The molecule has 1 fully saturated rings. The van der Waals surface area contributed by atoms with Crippen molar-refractivity contribution < 1.29 is 9.84 Å². The van der Waals surface area contributed by atoms with Crippen LogP contribution in [0.4, 0.5) is 0 Å². The number of phenols is 1. The highest BCUT2D eigenvalue weighted by molar-refractivity contribution is 5.38. The van der Waals surface area contributed by atoms with Crippen LogP contribution in [0.15, 0.2) is 18.2 Å². The van der Waals surface area contributed by atoms with E-state index in [0.717, 1.165) is 37.2 Å². The van der Waals surface area contributed by atoms with Gasteiger partial charge < -0.3 is 15.2 Å². The summed E-state index contributed by atoms with van der Waals surface area (Å²) in [5.41, 5.74) is 0.997. The third kappa shape index (κ3) is 2.89. The lowest BCUT2D eigenvalue weighted by atomic mass is 10.1. The molecule has 1 aliphatic rings. The largest absolute Gasteiger partial charge is 0.508 e. The number of aromatic hydroxyl groups is 1. The van der Waals surface area contributed by atoms with Gasteiger partial charge in [-0.2, -0.15) is 0 Å². The van der Waals surface area contributed by atoms with Gasteiger partial charge in [-0.1, -0.05) is 0 Å². The molecule has 3 heteroatoms. The number of rotatable bonds is 2. The van der Waals surface area contributed by atoms with E-state index in [2.05, 4.69) is 5.32 Å². The number of nitrogens with one attached hydrogen (secondary N) is 1. The van der Waals surface area contributed by atoms with Gasteiger partial charge in [0.25, 0.3) is 0 Å². The van der Waals surface area contributed by atoms with Crippen molar-refractivity contribution in [3.05, 3.63) is 23.8 Å². The lowest BCUT2D eigenvalue weighted by molar-refractivity contribution is 0.186. The topological polar surface area (TPSA) is 41.5 Å². The first-order valence-corrected chi connectivity index (χ1v) is 5.93. The second-order valence-corrected chi connectivity index (χ2v) is 4.37. The molecule has 1 aromatic rings. The van der Waals surface area contributed by atoms with Gasteiger partial charge in [0.15, 0.2) is 0 Å². The fraction of sp³-hybridized carbons (Fsp3) is 0.538. The number of benzene rings is 1. The summed E-state index contributed by atoms with van der Waals surface area (Å²) in [6, 6.07) is 5.27. The quantitative estimate of drug-likeness (QED) is 0.804. The van der Waals surface area contributed by atoms with Crippen molar-refractivity contribution >= 4 is 0 Å². The van der Waals surface area contributed by atoms with E-state index in [1.807, 2.05) is 13.0 Å². The van der Waals surface area contributed by atoms with Gasteiger partial charge >= 0.3 is 0 Å². The Bertz CT molecular complexity index is 344. The van der Waals surface area contributed by atoms with Crippen LogP contribution in [0.2, 0.25) is 0 Å². The third-order valence-corrected chi connectivity index (χ3v) is 2.97. The van der Waals surface area contributed by atoms with Gasteiger partial charge in [-0.05, 0) is 63.0 Å². The molecular formula is C13H19NO2. The molecule has 1 aliphatic heterocycles. The van der Waals surface area contributed by atoms with E-state index in [1.54, 1.807) is 12.1 Å². The summed E-state index contributed by atoms with van der Waals surface area (Å²) in [6.45, 7) is 4.08. The predicted molar refractivity (Wildman–Crippen MR) is 64.0 cm³/mol. The van der Waals surface area contributed by atoms with Gasteiger partial charge in [0.2, 0.25) is 0 Å². The van der Waals surface area contributed by atoms with Gasteiger partial charge in [0.1, 0.15) is 11.5 Å². The summed E-state index contributed by atoms with van der Waals surface area (Å²) in [6.07, 6.45) is 3.63. The maximum absolute atomic E-state index is 9.32. The summed E-state index contributed by atoms with van der Waals surface area (Å²) in [5, 5.41) is 12.7.